The van der Waals surface area contributed by atoms with E-state index in [0.717, 1.165) is 18.0 Å². The van der Waals surface area contributed by atoms with Crippen molar-refractivity contribution in [1.82, 2.24) is 10.2 Å². The Morgan fingerprint density at radius 1 is 0.889 bits per heavy atom. The molecule has 1 saturated carbocycles. The number of hydrogen-bond donors (Lipinski definition) is 1. The predicted octanol–water partition coefficient (Wildman–Crippen LogP) is 3.20. The van der Waals surface area contributed by atoms with Crippen LogP contribution in [0.4, 0.5) is 0 Å². The Labute approximate surface area is 118 Å². The van der Waals surface area contributed by atoms with Crippen molar-refractivity contribution < 1.29 is 0 Å². The van der Waals surface area contributed by atoms with E-state index in [0.29, 0.717) is 0 Å². The average Bonchev–Trinajstić information content (AvgIpc) is 2.61. The summed E-state index contributed by atoms with van der Waals surface area (Å²) in [6.45, 7) is 3.89. The molecule has 0 aromatic carbocycles. The van der Waals surface area contributed by atoms with Gasteiger partial charge >= 0.3 is 0 Å². The molecule has 2 bridgehead atoms. The molecule has 3 fully saturated rings. The van der Waals surface area contributed by atoms with Gasteiger partial charge in [-0.1, -0.05) is 32.1 Å². The molecule has 0 aromatic heterocycles. The maximum absolute atomic E-state index is 3.60. The van der Waals surface area contributed by atoms with E-state index in [-0.39, 0.29) is 12.4 Å². The highest BCUT2D eigenvalue weighted by atomic mass is 35.5. The number of rotatable bonds is 3. The van der Waals surface area contributed by atoms with E-state index in [9.17, 15) is 0 Å². The zero-order valence-corrected chi connectivity index (χ0v) is 12.4. The molecule has 1 aliphatic carbocycles. The Hall–Kier alpha value is 0.210. The molecule has 2 nitrogen and oxygen atoms in total. The fraction of sp³-hybridized carbons (Fsp3) is 1.00. The lowest BCUT2D eigenvalue weighted by molar-refractivity contribution is 0.178. The summed E-state index contributed by atoms with van der Waals surface area (Å²) < 4.78 is 0. The van der Waals surface area contributed by atoms with Gasteiger partial charge in [-0.05, 0) is 44.7 Å². The van der Waals surface area contributed by atoms with Crippen molar-refractivity contribution >= 4 is 12.4 Å². The van der Waals surface area contributed by atoms with Gasteiger partial charge in [-0.25, -0.2) is 0 Å². The van der Waals surface area contributed by atoms with Gasteiger partial charge in [-0.15, -0.1) is 12.4 Å². The van der Waals surface area contributed by atoms with Gasteiger partial charge in [-0.3, -0.25) is 4.90 Å². The third-order valence-corrected chi connectivity index (χ3v) is 5.33. The van der Waals surface area contributed by atoms with Gasteiger partial charge in [0, 0.05) is 18.6 Å². The van der Waals surface area contributed by atoms with Crippen molar-refractivity contribution in [3.05, 3.63) is 0 Å². The van der Waals surface area contributed by atoms with E-state index < -0.39 is 0 Å². The van der Waals surface area contributed by atoms with Crippen molar-refractivity contribution in [3.8, 4) is 0 Å². The summed E-state index contributed by atoms with van der Waals surface area (Å²) in [5, 5.41) is 3.60. The monoisotopic (exact) mass is 272 g/mol. The second kappa shape index (κ2) is 7.12. The Morgan fingerprint density at radius 3 is 2.50 bits per heavy atom. The minimum atomic E-state index is 0. The summed E-state index contributed by atoms with van der Waals surface area (Å²) in [4.78, 5) is 2.86. The number of hydrogen-bond acceptors (Lipinski definition) is 2. The van der Waals surface area contributed by atoms with Gasteiger partial charge in [-0.2, -0.15) is 0 Å². The second-order valence-electron chi connectivity index (χ2n) is 6.41. The summed E-state index contributed by atoms with van der Waals surface area (Å²) in [6.07, 6.45) is 13.3. The molecule has 0 amide bonds. The molecular formula is C15H29ClN2. The first-order valence-corrected chi connectivity index (χ1v) is 7.90. The smallest absolute Gasteiger partial charge is 0.0224 e. The van der Waals surface area contributed by atoms with E-state index in [1.165, 1.54) is 77.4 Å². The first-order chi connectivity index (χ1) is 8.43. The minimum absolute atomic E-state index is 0. The Balaban J connectivity index is 0.00000120. The van der Waals surface area contributed by atoms with Crippen molar-refractivity contribution in [2.24, 2.45) is 5.92 Å². The van der Waals surface area contributed by atoms with Crippen molar-refractivity contribution in [2.75, 3.05) is 19.6 Å². The molecule has 18 heavy (non-hydrogen) atoms. The predicted molar refractivity (Wildman–Crippen MR) is 79.4 cm³/mol. The summed E-state index contributed by atoms with van der Waals surface area (Å²) >= 11 is 0. The fourth-order valence-electron chi connectivity index (χ4n) is 4.25. The van der Waals surface area contributed by atoms with Crippen LogP contribution in [0.15, 0.2) is 0 Å². The molecule has 3 heteroatoms. The van der Waals surface area contributed by atoms with E-state index in [1.54, 1.807) is 0 Å². The molecule has 1 N–H and O–H groups in total. The Kier molecular flexibility index (Phi) is 5.78. The van der Waals surface area contributed by atoms with Crippen LogP contribution < -0.4 is 5.32 Å². The standard InChI is InChI=1S/C15H28N2.ClH/c1-2-4-13(5-3-1)9-11-17-14-6-7-15(17)12-16-10-8-14;/h13-16H,1-12H2;1H. The lowest BCUT2D eigenvalue weighted by Gasteiger charge is -2.30. The fourth-order valence-corrected chi connectivity index (χ4v) is 4.25. The molecule has 2 atom stereocenters. The number of halogens is 1. The normalized spacial score (nSPS) is 34.0. The van der Waals surface area contributed by atoms with Crippen LogP contribution in [0.1, 0.15) is 57.8 Å². The third kappa shape index (κ3) is 3.40. The highest BCUT2D eigenvalue weighted by Gasteiger charge is 2.34. The SMILES string of the molecule is C1CCC(CCN2C3CCNCC2CC3)CC1.Cl. The molecule has 2 aliphatic heterocycles. The van der Waals surface area contributed by atoms with Crippen molar-refractivity contribution in [3.63, 3.8) is 0 Å². The summed E-state index contributed by atoms with van der Waals surface area (Å²) in [5.41, 5.74) is 0. The lowest BCUT2D eigenvalue weighted by Crippen LogP contribution is -2.39. The van der Waals surface area contributed by atoms with Crippen LogP contribution in [0, 0.1) is 5.92 Å². The van der Waals surface area contributed by atoms with Gasteiger partial charge in [0.25, 0.3) is 0 Å². The molecule has 2 unspecified atom stereocenters. The largest absolute Gasteiger partial charge is 0.315 e. The average molecular weight is 273 g/mol. The van der Waals surface area contributed by atoms with E-state index in [4.69, 9.17) is 0 Å². The highest BCUT2D eigenvalue weighted by molar-refractivity contribution is 5.85. The number of nitrogens with one attached hydrogen (secondary N) is 1. The molecule has 106 valence electrons. The molecular weight excluding hydrogens is 244 g/mol. The summed E-state index contributed by atoms with van der Waals surface area (Å²) in [6, 6.07) is 1.78. The zero-order valence-electron chi connectivity index (χ0n) is 11.6. The van der Waals surface area contributed by atoms with Gasteiger partial charge in [0.15, 0.2) is 0 Å². The molecule has 0 spiro atoms. The number of fused-ring (bicyclic) bond motifs is 2. The molecule has 3 rings (SSSR count). The van der Waals surface area contributed by atoms with Crippen LogP contribution in [0.25, 0.3) is 0 Å². The number of nitrogens with zero attached hydrogens (tertiary/aromatic N) is 1. The first kappa shape index (κ1) is 14.6. The maximum Gasteiger partial charge on any atom is 0.0224 e. The van der Waals surface area contributed by atoms with E-state index in [1.807, 2.05) is 0 Å². The summed E-state index contributed by atoms with van der Waals surface area (Å²) in [5.74, 6) is 1.05. The van der Waals surface area contributed by atoms with Gasteiger partial charge < -0.3 is 5.32 Å². The maximum atomic E-state index is 3.60. The van der Waals surface area contributed by atoms with E-state index in [2.05, 4.69) is 10.2 Å². The van der Waals surface area contributed by atoms with Crippen LogP contribution in [0.3, 0.4) is 0 Å². The van der Waals surface area contributed by atoms with Crippen LogP contribution >= 0.6 is 12.4 Å². The Morgan fingerprint density at radius 2 is 1.67 bits per heavy atom. The molecule has 0 aromatic rings. The van der Waals surface area contributed by atoms with Crippen molar-refractivity contribution in [2.45, 2.75) is 69.9 Å². The minimum Gasteiger partial charge on any atom is -0.315 e. The van der Waals surface area contributed by atoms with E-state index >= 15 is 0 Å². The van der Waals surface area contributed by atoms with Gasteiger partial charge in [0.1, 0.15) is 0 Å². The third-order valence-electron chi connectivity index (χ3n) is 5.33. The first-order valence-electron chi connectivity index (χ1n) is 7.90. The summed E-state index contributed by atoms with van der Waals surface area (Å²) in [7, 11) is 0. The topological polar surface area (TPSA) is 15.3 Å². The van der Waals surface area contributed by atoms with Crippen LogP contribution in [-0.2, 0) is 0 Å². The molecule has 2 heterocycles. The van der Waals surface area contributed by atoms with Crippen LogP contribution in [-0.4, -0.2) is 36.6 Å². The molecule has 3 aliphatic rings. The quantitative estimate of drug-likeness (QED) is 0.849. The highest BCUT2D eigenvalue weighted by Crippen LogP contribution is 2.31. The van der Waals surface area contributed by atoms with Crippen LogP contribution in [0.2, 0.25) is 0 Å². The second-order valence-corrected chi connectivity index (χ2v) is 6.41. The van der Waals surface area contributed by atoms with Gasteiger partial charge in [0.05, 0.1) is 0 Å². The molecule has 0 radical (unpaired) electrons. The lowest BCUT2D eigenvalue weighted by atomic mass is 9.87. The van der Waals surface area contributed by atoms with Crippen molar-refractivity contribution in [1.29, 1.82) is 0 Å². The zero-order chi connectivity index (χ0) is 11.5. The van der Waals surface area contributed by atoms with Gasteiger partial charge in [0.2, 0.25) is 0 Å². The molecule has 2 saturated heterocycles. The Bertz CT molecular complexity index is 227. The van der Waals surface area contributed by atoms with Crippen LogP contribution in [0.5, 0.6) is 0 Å².